The fraction of sp³-hybridized carbons (Fsp3) is 0.562. The van der Waals surface area contributed by atoms with Gasteiger partial charge in [0.25, 0.3) is 5.91 Å². The molecular formula is C16H19N3O2S. The number of nitrogens with zero attached hydrogens (tertiary/aromatic N) is 3. The molecule has 1 saturated carbocycles. The molecule has 0 radical (unpaired) electrons. The van der Waals surface area contributed by atoms with Gasteiger partial charge in [0, 0.05) is 25.9 Å². The van der Waals surface area contributed by atoms with E-state index in [4.69, 9.17) is 4.52 Å². The van der Waals surface area contributed by atoms with Crippen LogP contribution in [0.25, 0.3) is 0 Å². The second-order valence-electron chi connectivity index (χ2n) is 6.24. The molecule has 0 unspecified atom stereocenters. The fourth-order valence-corrected chi connectivity index (χ4v) is 4.16. The molecule has 0 bridgehead atoms. The van der Waals surface area contributed by atoms with Gasteiger partial charge in [0.2, 0.25) is 5.89 Å². The van der Waals surface area contributed by atoms with Gasteiger partial charge < -0.3 is 9.42 Å². The van der Waals surface area contributed by atoms with Gasteiger partial charge in [-0.25, -0.2) is 0 Å². The molecule has 116 valence electrons. The van der Waals surface area contributed by atoms with Crippen molar-refractivity contribution in [3.05, 3.63) is 33.6 Å². The monoisotopic (exact) mass is 317 g/mol. The van der Waals surface area contributed by atoms with Crippen LogP contribution in [0, 0.1) is 6.92 Å². The van der Waals surface area contributed by atoms with Crippen LogP contribution in [0.3, 0.4) is 0 Å². The first-order valence-corrected chi connectivity index (χ1v) is 8.77. The van der Waals surface area contributed by atoms with Crippen LogP contribution >= 0.6 is 11.3 Å². The van der Waals surface area contributed by atoms with Gasteiger partial charge in [0.15, 0.2) is 5.82 Å². The SMILES string of the molecule is Cc1nc([C@H]2CCCN(C(=O)c3sccc3C3CC3)C2)no1. The highest BCUT2D eigenvalue weighted by Crippen LogP contribution is 2.43. The van der Waals surface area contributed by atoms with Crippen LogP contribution in [0.2, 0.25) is 0 Å². The number of hydrogen-bond acceptors (Lipinski definition) is 5. The van der Waals surface area contributed by atoms with Crippen molar-refractivity contribution in [2.24, 2.45) is 0 Å². The summed E-state index contributed by atoms with van der Waals surface area (Å²) in [5, 5.41) is 6.08. The Hall–Kier alpha value is -1.69. The van der Waals surface area contributed by atoms with Crippen molar-refractivity contribution < 1.29 is 9.32 Å². The third kappa shape index (κ3) is 2.56. The maximum atomic E-state index is 12.9. The lowest BCUT2D eigenvalue weighted by molar-refractivity contribution is 0.0707. The molecule has 2 aromatic heterocycles. The van der Waals surface area contributed by atoms with E-state index in [-0.39, 0.29) is 11.8 Å². The zero-order valence-corrected chi connectivity index (χ0v) is 13.4. The van der Waals surface area contributed by atoms with Crippen LogP contribution in [0.4, 0.5) is 0 Å². The molecule has 0 N–H and O–H groups in total. The van der Waals surface area contributed by atoms with Crippen molar-refractivity contribution in [3.8, 4) is 0 Å². The third-order valence-electron chi connectivity index (χ3n) is 4.52. The van der Waals surface area contributed by atoms with Gasteiger partial charge in [-0.3, -0.25) is 4.79 Å². The van der Waals surface area contributed by atoms with E-state index in [1.54, 1.807) is 18.3 Å². The second kappa shape index (κ2) is 5.50. The number of aromatic nitrogens is 2. The Morgan fingerprint density at radius 2 is 2.23 bits per heavy atom. The lowest BCUT2D eigenvalue weighted by Gasteiger charge is -2.31. The van der Waals surface area contributed by atoms with Crippen LogP contribution < -0.4 is 0 Å². The lowest BCUT2D eigenvalue weighted by atomic mass is 9.97. The van der Waals surface area contributed by atoms with E-state index in [1.807, 2.05) is 10.3 Å². The minimum atomic E-state index is 0.182. The number of likely N-dealkylation sites (tertiary alicyclic amines) is 1. The summed E-state index contributed by atoms with van der Waals surface area (Å²) in [6, 6.07) is 2.12. The highest BCUT2D eigenvalue weighted by atomic mass is 32.1. The molecule has 5 nitrogen and oxygen atoms in total. The second-order valence-corrected chi connectivity index (χ2v) is 7.16. The smallest absolute Gasteiger partial charge is 0.264 e. The molecule has 2 aliphatic rings. The number of hydrogen-bond donors (Lipinski definition) is 0. The van der Waals surface area contributed by atoms with Gasteiger partial charge in [0.1, 0.15) is 0 Å². The molecule has 2 aromatic rings. The van der Waals surface area contributed by atoms with E-state index in [2.05, 4.69) is 16.2 Å². The van der Waals surface area contributed by atoms with Crippen LogP contribution in [0.15, 0.2) is 16.0 Å². The Bertz CT molecular complexity index is 689. The van der Waals surface area contributed by atoms with E-state index >= 15 is 0 Å². The lowest BCUT2D eigenvalue weighted by Crippen LogP contribution is -2.39. The molecule has 2 fully saturated rings. The van der Waals surface area contributed by atoms with Crippen LogP contribution in [-0.4, -0.2) is 34.0 Å². The number of carbonyl (C=O) groups excluding carboxylic acids is 1. The van der Waals surface area contributed by atoms with E-state index in [0.717, 1.165) is 30.1 Å². The van der Waals surface area contributed by atoms with E-state index < -0.39 is 0 Å². The number of rotatable bonds is 3. The number of amides is 1. The predicted octanol–water partition coefficient (Wildman–Crippen LogP) is 3.34. The van der Waals surface area contributed by atoms with E-state index in [0.29, 0.717) is 18.4 Å². The normalized spacial score (nSPS) is 22.0. The first-order valence-electron chi connectivity index (χ1n) is 7.89. The molecule has 22 heavy (non-hydrogen) atoms. The van der Waals surface area contributed by atoms with Gasteiger partial charge in [-0.15, -0.1) is 11.3 Å². The topological polar surface area (TPSA) is 59.2 Å². The van der Waals surface area contributed by atoms with Crippen LogP contribution in [-0.2, 0) is 0 Å². The van der Waals surface area contributed by atoms with Gasteiger partial charge in [0.05, 0.1) is 4.88 Å². The van der Waals surface area contributed by atoms with Crippen LogP contribution in [0.1, 0.15) is 64.5 Å². The number of piperidine rings is 1. The fourth-order valence-electron chi connectivity index (χ4n) is 3.21. The van der Waals surface area contributed by atoms with Crippen molar-refractivity contribution in [1.29, 1.82) is 0 Å². The molecule has 6 heteroatoms. The molecule has 1 saturated heterocycles. The summed E-state index contributed by atoms with van der Waals surface area (Å²) in [5.74, 6) is 2.32. The number of carbonyl (C=O) groups is 1. The zero-order chi connectivity index (χ0) is 15.1. The minimum Gasteiger partial charge on any atom is -0.340 e. The molecule has 0 aromatic carbocycles. The van der Waals surface area contributed by atoms with Crippen molar-refractivity contribution in [3.63, 3.8) is 0 Å². The summed E-state index contributed by atoms with van der Waals surface area (Å²) in [4.78, 5) is 20.1. The Morgan fingerprint density at radius 3 is 2.95 bits per heavy atom. The van der Waals surface area contributed by atoms with Gasteiger partial charge in [-0.1, -0.05) is 5.16 Å². The maximum Gasteiger partial charge on any atom is 0.264 e. The average molecular weight is 317 g/mol. The quantitative estimate of drug-likeness (QED) is 0.871. The van der Waals surface area contributed by atoms with Gasteiger partial charge in [-0.05, 0) is 48.6 Å². The molecule has 1 amide bonds. The van der Waals surface area contributed by atoms with Crippen molar-refractivity contribution in [1.82, 2.24) is 15.0 Å². The summed E-state index contributed by atoms with van der Waals surface area (Å²) in [7, 11) is 0. The predicted molar refractivity (Wildman–Crippen MR) is 83.2 cm³/mol. The van der Waals surface area contributed by atoms with E-state index in [1.165, 1.54) is 18.4 Å². The summed E-state index contributed by atoms with van der Waals surface area (Å²) in [6.45, 7) is 3.32. The Labute approximate surface area is 133 Å². The Balaban J connectivity index is 1.52. The molecule has 1 aliphatic carbocycles. The third-order valence-corrected chi connectivity index (χ3v) is 5.44. The minimum absolute atomic E-state index is 0.182. The first kappa shape index (κ1) is 13.9. The first-order chi connectivity index (χ1) is 10.7. The maximum absolute atomic E-state index is 12.9. The summed E-state index contributed by atoms with van der Waals surface area (Å²) >= 11 is 1.58. The van der Waals surface area contributed by atoms with Gasteiger partial charge >= 0.3 is 0 Å². The zero-order valence-electron chi connectivity index (χ0n) is 12.6. The van der Waals surface area contributed by atoms with Crippen molar-refractivity contribution in [2.75, 3.05) is 13.1 Å². The Morgan fingerprint density at radius 1 is 1.36 bits per heavy atom. The molecule has 1 atom stereocenters. The highest BCUT2D eigenvalue weighted by molar-refractivity contribution is 7.12. The summed E-state index contributed by atoms with van der Waals surface area (Å²) in [5.41, 5.74) is 1.26. The van der Waals surface area contributed by atoms with Crippen LogP contribution in [0.5, 0.6) is 0 Å². The van der Waals surface area contributed by atoms with Crippen molar-refractivity contribution in [2.45, 2.75) is 44.4 Å². The number of aryl methyl sites for hydroxylation is 1. The standard InChI is InChI=1S/C16H19N3O2S/c1-10-17-15(18-21-10)12-3-2-7-19(9-12)16(20)14-13(6-8-22-14)11-4-5-11/h6,8,11-12H,2-5,7,9H2,1H3/t12-/m0/s1. The molecule has 0 spiro atoms. The molecule has 3 heterocycles. The molecular weight excluding hydrogens is 298 g/mol. The molecule has 4 rings (SSSR count). The Kier molecular flexibility index (Phi) is 3.48. The summed E-state index contributed by atoms with van der Waals surface area (Å²) in [6.07, 6.45) is 4.46. The highest BCUT2D eigenvalue weighted by Gasteiger charge is 2.33. The van der Waals surface area contributed by atoms with E-state index in [9.17, 15) is 4.79 Å². The molecule has 1 aliphatic heterocycles. The van der Waals surface area contributed by atoms with Gasteiger partial charge in [-0.2, -0.15) is 4.98 Å². The van der Waals surface area contributed by atoms with Crippen molar-refractivity contribution >= 4 is 17.2 Å². The number of thiophene rings is 1. The summed E-state index contributed by atoms with van der Waals surface area (Å²) < 4.78 is 5.08. The average Bonchev–Trinajstić information content (AvgIpc) is 3.10. The largest absolute Gasteiger partial charge is 0.340 e.